The summed E-state index contributed by atoms with van der Waals surface area (Å²) in [5.74, 6) is -2.35. The van der Waals surface area contributed by atoms with Crippen LogP contribution in [0.1, 0.15) is 113 Å². The molecule has 0 saturated carbocycles. The van der Waals surface area contributed by atoms with E-state index in [1.165, 1.54) is 28.5 Å². The lowest BCUT2D eigenvalue weighted by atomic mass is 9.89. The second-order valence-electron chi connectivity index (χ2n) is 16.7. The van der Waals surface area contributed by atoms with Gasteiger partial charge in [0.15, 0.2) is 0 Å². The highest BCUT2D eigenvalue weighted by molar-refractivity contribution is 8.00. The fourth-order valence-electron chi connectivity index (χ4n) is 8.41. The highest BCUT2D eigenvalue weighted by atomic mass is 32.2. The van der Waals surface area contributed by atoms with Gasteiger partial charge in [0.1, 0.15) is 17.9 Å². The van der Waals surface area contributed by atoms with Crippen LogP contribution >= 0.6 is 11.8 Å². The molecule has 326 valence electrons. The fraction of sp³-hybridized carbons (Fsp3) is 0.833. The topological polar surface area (TPSA) is 163 Å². The smallest absolute Gasteiger partial charge is 0.245 e. The Morgan fingerprint density at radius 1 is 0.930 bits per heavy atom. The summed E-state index contributed by atoms with van der Waals surface area (Å²) < 4.78 is 11.8. The first kappa shape index (κ1) is 50.1. The Hall–Kier alpha value is -3.04. The second-order valence-corrected chi connectivity index (χ2v) is 17.8. The van der Waals surface area contributed by atoms with Crippen LogP contribution in [-0.2, 0) is 43.0 Å². The monoisotopic (exact) mass is 824 g/mol. The third-order valence-electron chi connectivity index (χ3n) is 12.2. The first-order valence-corrected chi connectivity index (χ1v) is 22.1. The van der Waals surface area contributed by atoms with Gasteiger partial charge in [0.2, 0.25) is 35.4 Å². The molecule has 9 atom stereocenters. The van der Waals surface area contributed by atoms with Crippen molar-refractivity contribution >= 4 is 53.0 Å². The van der Waals surface area contributed by atoms with Crippen LogP contribution in [0.3, 0.4) is 0 Å². The van der Waals surface area contributed by atoms with Gasteiger partial charge in [0.05, 0.1) is 36.0 Å². The number of ether oxygens (including phenoxy) is 2. The van der Waals surface area contributed by atoms with Gasteiger partial charge in [-0.05, 0) is 56.6 Å². The number of hydrogen-bond donors (Lipinski definition) is 1. The van der Waals surface area contributed by atoms with E-state index in [-0.39, 0.29) is 89.5 Å². The molecule has 2 rings (SSSR count). The van der Waals surface area contributed by atoms with E-state index in [1.54, 1.807) is 38.1 Å². The van der Waals surface area contributed by atoms with Gasteiger partial charge >= 0.3 is 0 Å². The largest absolute Gasteiger partial charge is 0.379 e. The number of Topliss-reactive ketones (excluding diaryl/α,β-unsaturated/α-hetero) is 1. The zero-order chi connectivity index (χ0) is 43.3. The van der Waals surface area contributed by atoms with E-state index in [1.807, 2.05) is 54.7 Å². The van der Waals surface area contributed by atoms with Crippen molar-refractivity contribution in [1.29, 1.82) is 0 Å². The van der Waals surface area contributed by atoms with Gasteiger partial charge in [0, 0.05) is 60.2 Å². The summed E-state index contributed by atoms with van der Waals surface area (Å²) in [6.45, 7) is 15.7. The number of thioether (sulfide) groups is 1. The minimum Gasteiger partial charge on any atom is -0.379 e. The van der Waals surface area contributed by atoms with Crippen LogP contribution in [0.2, 0.25) is 0 Å². The zero-order valence-electron chi connectivity index (χ0n) is 37.0. The first-order chi connectivity index (χ1) is 26.8. The number of imide groups is 1. The fourth-order valence-corrected chi connectivity index (χ4v) is 9.05. The molecule has 14 nitrogen and oxygen atoms in total. The Kier molecular flexibility index (Phi) is 20.7. The molecule has 6 amide bonds. The van der Waals surface area contributed by atoms with E-state index in [9.17, 15) is 33.6 Å². The van der Waals surface area contributed by atoms with Crippen molar-refractivity contribution < 1.29 is 43.0 Å². The molecule has 1 unspecified atom stereocenters. The van der Waals surface area contributed by atoms with Gasteiger partial charge in [-0.25, -0.2) is 0 Å². The lowest BCUT2D eigenvalue weighted by Crippen LogP contribution is -2.60. The number of methoxy groups -OCH3 is 2. The highest BCUT2D eigenvalue weighted by Gasteiger charge is 2.43. The Morgan fingerprint density at radius 2 is 1.58 bits per heavy atom. The van der Waals surface area contributed by atoms with Crippen LogP contribution < -0.4 is 5.32 Å². The number of unbranched alkanes of at least 4 members (excludes halogenated alkanes) is 2. The number of amides is 6. The molecule has 15 heteroatoms. The molecule has 2 saturated heterocycles. The molecule has 2 aliphatic rings. The molecule has 2 heterocycles. The van der Waals surface area contributed by atoms with Crippen LogP contribution in [0.25, 0.3) is 0 Å². The number of nitrogens with zero attached hydrogens (tertiary/aromatic N) is 4. The number of hydrogen-bond acceptors (Lipinski definition) is 10. The molecular weight excluding hydrogens is 751 g/mol. The maximum Gasteiger partial charge on any atom is 0.245 e. The van der Waals surface area contributed by atoms with Crippen LogP contribution in [-0.4, -0.2) is 150 Å². The molecule has 0 spiro atoms. The normalized spacial score (nSPS) is 21.0. The van der Waals surface area contributed by atoms with Crippen molar-refractivity contribution in [3.63, 3.8) is 0 Å². The maximum absolute atomic E-state index is 14.4. The molecule has 57 heavy (non-hydrogen) atoms. The Labute approximate surface area is 346 Å². The van der Waals surface area contributed by atoms with Gasteiger partial charge in [-0.1, -0.05) is 61.3 Å². The van der Waals surface area contributed by atoms with Crippen LogP contribution in [0.5, 0.6) is 0 Å². The molecule has 0 bridgehead atoms. The van der Waals surface area contributed by atoms with E-state index < -0.39 is 36.2 Å². The molecule has 0 aliphatic carbocycles. The molecular formula is C42H73N5O9S. The first-order valence-electron chi connectivity index (χ1n) is 20.8. The van der Waals surface area contributed by atoms with Crippen molar-refractivity contribution in [2.45, 2.75) is 155 Å². The predicted octanol–water partition coefficient (Wildman–Crippen LogP) is 4.17. The summed E-state index contributed by atoms with van der Waals surface area (Å²) in [5.41, 5.74) is 0. The molecule has 2 aliphatic heterocycles. The number of likely N-dealkylation sites (tertiary alicyclic amines) is 2. The van der Waals surface area contributed by atoms with Gasteiger partial charge in [0.25, 0.3) is 0 Å². The molecule has 1 N–H and O–H groups in total. The number of likely N-dealkylation sites (N-methyl/N-ethyl adjacent to an activating group) is 2. The van der Waals surface area contributed by atoms with E-state index in [0.29, 0.717) is 38.8 Å². The van der Waals surface area contributed by atoms with Crippen LogP contribution in [0.4, 0.5) is 0 Å². The van der Waals surface area contributed by atoms with Gasteiger partial charge < -0.3 is 29.5 Å². The Morgan fingerprint density at radius 3 is 2.09 bits per heavy atom. The third kappa shape index (κ3) is 13.0. The van der Waals surface area contributed by atoms with Crippen LogP contribution in [0.15, 0.2) is 0 Å². The lowest BCUT2D eigenvalue weighted by molar-refractivity contribution is -0.148. The number of carbonyl (C=O) groups is 7. The molecule has 0 radical (unpaired) electrons. The van der Waals surface area contributed by atoms with E-state index in [2.05, 4.69) is 5.32 Å². The summed E-state index contributed by atoms with van der Waals surface area (Å²) in [4.78, 5) is 98.8. The van der Waals surface area contributed by atoms with Gasteiger partial charge in [-0.15, -0.1) is 0 Å². The average Bonchev–Trinajstić information content (AvgIpc) is 3.76. The molecule has 0 aromatic rings. The SMILES string of the molecule is CC[C@H](C)[C@@H]([C@@H](CC(=O)N1CCC[C@H]1[C@H](OC)[C@@H](C)C(C)=O)OC)N(C)C(=O)[C@@H](NC(=O)[C@H](C(C)C)N(C)C(=O)CCCCCN1C(=O)CC(SC)C1=O)C(C)C. The minimum atomic E-state index is -0.910. The average molecular weight is 824 g/mol. The number of ketones is 1. The Balaban J connectivity index is 2.16. The highest BCUT2D eigenvalue weighted by Crippen LogP contribution is 2.30. The van der Waals surface area contributed by atoms with E-state index >= 15 is 0 Å². The third-order valence-corrected chi connectivity index (χ3v) is 13.1. The summed E-state index contributed by atoms with van der Waals surface area (Å²) in [7, 11) is 6.41. The van der Waals surface area contributed by atoms with Crippen molar-refractivity contribution in [3.8, 4) is 0 Å². The summed E-state index contributed by atoms with van der Waals surface area (Å²) in [6, 6.07) is -2.48. The zero-order valence-corrected chi connectivity index (χ0v) is 37.8. The summed E-state index contributed by atoms with van der Waals surface area (Å²) in [5, 5.41) is 2.67. The van der Waals surface area contributed by atoms with Crippen molar-refractivity contribution in [2.75, 3.05) is 47.7 Å². The quantitative estimate of drug-likeness (QED) is 0.111. The Bertz CT molecular complexity index is 1400. The summed E-state index contributed by atoms with van der Waals surface area (Å²) >= 11 is 1.38. The number of carbonyl (C=O) groups excluding carboxylic acids is 7. The van der Waals surface area contributed by atoms with Gasteiger partial charge in [-0.3, -0.25) is 38.5 Å². The molecule has 2 fully saturated rings. The number of rotatable bonds is 24. The van der Waals surface area contributed by atoms with Crippen molar-refractivity contribution in [3.05, 3.63) is 0 Å². The molecule has 0 aromatic heterocycles. The minimum absolute atomic E-state index is 0.00160. The maximum atomic E-state index is 14.4. The van der Waals surface area contributed by atoms with Crippen LogP contribution in [0, 0.1) is 23.7 Å². The summed E-state index contributed by atoms with van der Waals surface area (Å²) in [6.07, 6.45) is 5.22. The number of nitrogens with one attached hydrogen (secondary N) is 1. The second kappa shape index (κ2) is 23.5. The van der Waals surface area contributed by atoms with Gasteiger partial charge in [-0.2, -0.15) is 11.8 Å². The van der Waals surface area contributed by atoms with Crippen molar-refractivity contribution in [1.82, 2.24) is 24.9 Å². The van der Waals surface area contributed by atoms with Crippen molar-refractivity contribution in [2.24, 2.45) is 23.7 Å². The molecule has 0 aromatic carbocycles. The van der Waals surface area contributed by atoms with E-state index in [4.69, 9.17) is 9.47 Å². The lowest BCUT2D eigenvalue weighted by Gasteiger charge is -2.41. The van der Waals surface area contributed by atoms with E-state index in [0.717, 1.165) is 12.8 Å². The predicted molar refractivity (Wildman–Crippen MR) is 222 cm³/mol. The standard InChI is InChI=1S/C42H73N5O9S/c1-14-27(6)38(31(55-11)23-34(50)46-22-18-19-30(46)39(56-12)28(7)29(8)48)45(10)42(54)36(25(2)3)43-40(52)37(26(4)5)44(9)33(49)20-16-15-17-21-47-35(51)24-32(57-13)41(47)53/h25-28,30-32,36-39H,14-24H2,1-13H3,(H,43,52)/t27-,28-,30-,31+,32?,36-,37-,38-,39+/m0/s1.